The van der Waals surface area contributed by atoms with Crippen LogP contribution in [0.4, 0.5) is 0 Å². The van der Waals surface area contributed by atoms with Gasteiger partial charge < -0.3 is 0 Å². The zero-order valence-electron chi connectivity index (χ0n) is 12.5. The lowest BCUT2D eigenvalue weighted by molar-refractivity contribution is 0.150. The fourth-order valence-electron chi connectivity index (χ4n) is 3.15. The smallest absolute Gasteiger partial charge is 0.243 e. The van der Waals surface area contributed by atoms with E-state index in [-0.39, 0.29) is 4.90 Å². The van der Waals surface area contributed by atoms with Crippen molar-refractivity contribution in [1.82, 2.24) is 9.21 Å². The molecule has 6 heteroatoms. The fraction of sp³-hybridized carbons (Fsp3) is 0.500. The molecule has 120 valence electrons. The van der Waals surface area contributed by atoms with E-state index in [1.165, 1.54) is 25.3 Å². The predicted octanol–water partition coefficient (Wildman–Crippen LogP) is 2.76. The van der Waals surface area contributed by atoms with Crippen molar-refractivity contribution < 1.29 is 8.42 Å². The Labute approximate surface area is 137 Å². The van der Waals surface area contributed by atoms with Crippen LogP contribution in [0.25, 0.3) is 0 Å². The number of nitrogens with zero attached hydrogens (tertiary/aromatic N) is 2. The third-order valence-corrected chi connectivity index (χ3v) is 6.53. The third kappa shape index (κ3) is 3.38. The molecule has 1 fully saturated rings. The maximum atomic E-state index is 12.7. The SMILES string of the molecule is O=S(=O)(c1cccc(Cl)c1)N1CCN(C2C=CCCC2)CC1. The minimum atomic E-state index is -3.43. The Kier molecular flexibility index (Phi) is 4.88. The zero-order valence-corrected chi connectivity index (χ0v) is 14.1. The highest BCUT2D eigenvalue weighted by Gasteiger charge is 2.30. The topological polar surface area (TPSA) is 40.6 Å². The molecule has 2 aliphatic rings. The molecule has 1 heterocycles. The predicted molar refractivity (Wildman–Crippen MR) is 88.6 cm³/mol. The van der Waals surface area contributed by atoms with Crippen LogP contribution in [0, 0.1) is 0 Å². The van der Waals surface area contributed by atoms with Gasteiger partial charge in [0, 0.05) is 37.2 Å². The van der Waals surface area contributed by atoms with Gasteiger partial charge in [-0.25, -0.2) is 8.42 Å². The van der Waals surface area contributed by atoms with Gasteiger partial charge in [0.25, 0.3) is 0 Å². The Balaban J connectivity index is 1.68. The van der Waals surface area contributed by atoms with Gasteiger partial charge >= 0.3 is 0 Å². The monoisotopic (exact) mass is 340 g/mol. The number of allylic oxidation sites excluding steroid dienone is 1. The molecule has 0 aromatic heterocycles. The fourth-order valence-corrected chi connectivity index (χ4v) is 4.87. The molecule has 0 amide bonds. The Bertz CT molecular complexity index is 652. The van der Waals surface area contributed by atoms with Gasteiger partial charge in [0.05, 0.1) is 4.90 Å². The molecule has 0 saturated carbocycles. The van der Waals surface area contributed by atoms with Crippen LogP contribution in [-0.4, -0.2) is 49.8 Å². The van der Waals surface area contributed by atoms with Crippen molar-refractivity contribution in [3.8, 4) is 0 Å². The summed E-state index contributed by atoms with van der Waals surface area (Å²) in [5.74, 6) is 0. The second-order valence-corrected chi connectivity index (χ2v) is 8.20. The molecule has 0 bridgehead atoms. The molecule has 1 aliphatic heterocycles. The van der Waals surface area contributed by atoms with Gasteiger partial charge in [0.1, 0.15) is 0 Å². The van der Waals surface area contributed by atoms with Crippen LogP contribution in [-0.2, 0) is 10.0 Å². The summed E-state index contributed by atoms with van der Waals surface area (Å²) < 4.78 is 26.9. The van der Waals surface area contributed by atoms with Gasteiger partial charge in [-0.1, -0.05) is 29.8 Å². The van der Waals surface area contributed by atoms with Gasteiger partial charge in [-0.3, -0.25) is 4.90 Å². The Hall–Kier alpha value is -0.880. The normalized spacial score (nSPS) is 24.5. The highest BCUT2D eigenvalue weighted by atomic mass is 35.5. The van der Waals surface area contributed by atoms with E-state index in [0.717, 1.165) is 13.1 Å². The van der Waals surface area contributed by atoms with E-state index in [1.54, 1.807) is 22.5 Å². The highest BCUT2D eigenvalue weighted by Crippen LogP contribution is 2.23. The Morgan fingerprint density at radius 3 is 2.55 bits per heavy atom. The van der Waals surface area contributed by atoms with Crippen LogP contribution in [0.15, 0.2) is 41.3 Å². The number of benzene rings is 1. The number of hydrogen-bond donors (Lipinski definition) is 0. The summed E-state index contributed by atoms with van der Waals surface area (Å²) in [6.07, 6.45) is 8.08. The second kappa shape index (κ2) is 6.71. The zero-order chi connectivity index (χ0) is 15.6. The van der Waals surface area contributed by atoms with Crippen LogP contribution in [0.3, 0.4) is 0 Å². The van der Waals surface area contributed by atoms with Crippen molar-refractivity contribution in [3.63, 3.8) is 0 Å². The van der Waals surface area contributed by atoms with E-state index in [2.05, 4.69) is 17.1 Å². The van der Waals surface area contributed by atoms with Crippen molar-refractivity contribution >= 4 is 21.6 Å². The first-order valence-corrected chi connectivity index (χ1v) is 9.55. The summed E-state index contributed by atoms with van der Waals surface area (Å²) in [5, 5.41) is 0.451. The average molecular weight is 341 g/mol. The van der Waals surface area contributed by atoms with E-state index in [1.807, 2.05) is 0 Å². The maximum absolute atomic E-state index is 12.7. The van der Waals surface area contributed by atoms with Crippen LogP contribution >= 0.6 is 11.6 Å². The summed E-state index contributed by atoms with van der Waals surface area (Å²) in [6.45, 7) is 2.65. The lowest BCUT2D eigenvalue weighted by Gasteiger charge is -2.38. The highest BCUT2D eigenvalue weighted by molar-refractivity contribution is 7.89. The minimum Gasteiger partial charge on any atom is -0.294 e. The lowest BCUT2D eigenvalue weighted by atomic mass is 10.0. The molecule has 1 atom stereocenters. The summed E-state index contributed by atoms with van der Waals surface area (Å²) >= 11 is 5.92. The van der Waals surface area contributed by atoms with Crippen molar-refractivity contribution in [2.75, 3.05) is 26.2 Å². The third-order valence-electron chi connectivity index (χ3n) is 4.41. The summed E-state index contributed by atoms with van der Waals surface area (Å²) in [5.41, 5.74) is 0. The van der Waals surface area contributed by atoms with Gasteiger partial charge in [-0.2, -0.15) is 4.31 Å². The van der Waals surface area contributed by atoms with Crippen molar-refractivity contribution in [3.05, 3.63) is 41.4 Å². The van der Waals surface area contributed by atoms with Gasteiger partial charge in [0.2, 0.25) is 10.0 Å². The van der Waals surface area contributed by atoms with Crippen LogP contribution in [0.5, 0.6) is 0 Å². The van der Waals surface area contributed by atoms with Crippen molar-refractivity contribution in [2.45, 2.75) is 30.2 Å². The molecule has 4 nitrogen and oxygen atoms in total. The van der Waals surface area contributed by atoms with E-state index < -0.39 is 10.0 Å². The van der Waals surface area contributed by atoms with Crippen LogP contribution < -0.4 is 0 Å². The van der Waals surface area contributed by atoms with Crippen molar-refractivity contribution in [1.29, 1.82) is 0 Å². The molecule has 1 saturated heterocycles. The molecular formula is C16H21ClN2O2S. The first-order valence-electron chi connectivity index (χ1n) is 7.74. The van der Waals surface area contributed by atoms with Gasteiger partial charge in [-0.05, 0) is 37.5 Å². The number of hydrogen-bond acceptors (Lipinski definition) is 3. The minimum absolute atomic E-state index is 0.283. The van der Waals surface area contributed by atoms with Crippen molar-refractivity contribution in [2.24, 2.45) is 0 Å². The van der Waals surface area contributed by atoms with Crippen LogP contribution in [0.2, 0.25) is 5.02 Å². The molecule has 0 spiro atoms. The number of rotatable bonds is 3. The second-order valence-electron chi connectivity index (χ2n) is 5.82. The standard InChI is InChI=1S/C16H21ClN2O2S/c17-14-5-4-8-16(13-14)22(20,21)19-11-9-18(10-12-19)15-6-2-1-3-7-15/h2,4-6,8,13,15H,1,3,7,9-12H2. The van der Waals surface area contributed by atoms with E-state index in [0.29, 0.717) is 24.2 Å². The first-order chi connectivity index (χ1) is 10.6. The summed E-state index contributed by atoms with van der Waals surface area (Å²) in [6, 6.07) is 6.97. The quantitative estimate of drug-likeness (QED) is 0.794. The van der Waals surface area contributed by atoms with E-state index in [4.69, 9.17) is 11.6 Å². The van der Waals surface area contributed by atoms with Gasteiger partial charge in [0.15, 0.2) is 0 Å². The first kappa shape index (κ1) is 16.0. The molecule has 3 rings (SSSR count). The summed E-state index contributed by atoms with van der Waals surface area (Å²) in [4.78, 5) is 2.67. The summed E-state index contributed by atoms with van der Waals surface area (Å²) in [7, 11) is -3.43. The number of piperazine rings is 1. The lowest BCUT2D eigenvalue weighted by Crippen LogP contribution is -2.51. The molecule has 0 N–H and O–H groups in total. The number of sulfonamides is 1. The molecule has 22 heavy (non-hydrogen) atoms. The molecular weight excluding hydrogens is 320 g/mol. The van der Waals surface area contributed by atoms with E-state index in [9.17, 15) is 8.42 Å². The number of halogens is 1. The molecule has 1 aliphatic carbocycles. The van der Waals surface area contributed by atoms with Crippen LogP contribution in [0.1, 0.15) is 19.3 Å². The molecule has 0 radical (unpaired) electrons. The Morgan fingerprint density at radius 1 is 1.14 bits per heavy atom. The van der Waals surface area contributed by atoms with E-state index >= 15 is 0 Å². The van der Waals surface area contributed by atoms with Gasteiger partial charge in [-0.15, -0.1) is 0 Å². The average Bonchev–Trinajstić information content (AvgIpc) is 2.56. The molecule has 1 aromatic rings. The maximum Gasteiger partial charge on any atom is 0.243 e. The Morgan fingerprint density at radius 2 is 1.91 bits per heavy atom. The molecule has 1 unspecified atom stereocenters. The largest absolute Gasteiger partial charge is 0.294 e. The molecule has 1 aromatic carbocycles.